The van der Waals surface area contributed by atoms with Gasteiger partial charge in [0.25, 0.3) is 0 Å². The molecule has 0 aromatic rings. The molecule has 0 saturated heterocycles. The summed E-state index contributed by atoms with van der Waals surface area (Å²) >= 11 is 9.43. The average molecular weight is 331 g/mol. The molecule has 0 rings (SSSR count). The zero-order valence-corrected chi connectivity index (χ0v) is 10.2. The van der Waals surface area contributed by atoms with Crippen LogP contribution in [-0.4, -0.2) is 26.3 Å². The van der Waals surface area contributed by atoms with Gasteiger partial charge in [0.1, 0.15) is 9.74 Å². The van der Waals surface area contributed by atoms with E-state index in [9.17, 15) is 9.90 Å². The van der Waals surface area contributed by atoms with E-state index < -0.39 is 15.9 Å². The number of rotatable bonds is 1. The van der Waals surface area contributed by atoms with Crippen LogP contribution in [0.2, 0.25) is 0 Å². The van der Waals surface area contributed by atoms with Crippen LogP contribution in [0.1, 0.15) is 0 Å². The number of hydrogen-bond donors (Lipinski definition) is 2. The molecule has 11 nitrogen and oxygen atoms in total. The number of alkyl halides is 2. The Morgan fingerprint density at radius 1 is 1.06 bits per heavy atom. The molecule has 16 heavy (non-hydrogen) atoms. The van der Waals surface area contributed by atoms with Crippen LogP contribution in [0.15, 0.2) is 0 Å². The van der Waals surface area contributed by atoms with Gasteiger partial charge in [0.15, 0.2) is 0 Å². The first-order valence-electron chi connectivity index (χ1n) is 1.72. The second kappa shape index (κ2) is 36.5. The number of aliphatic carboxylic acids is 1. The van der Waals surface area contributed by atoms with Crippen molar-refractivity contribution in [1.82, 2.24) is 0 Å². The van der Waals surface area contributed by atoms with Crippen molar-refractivity contribution in [1.29, 1.82) is 0 Å². The second-order valence-corrected chi connectivity index (χ2v) is 1.97. The molecule has 0 aromatic carbocycles. The van der Waals surface area contributed by atoms with E-state index in [-0.39, 0.29) is 47.5 Å². The second-order valence-electron chi connectivity index (χ2n) is 0.872. The first-order valence-corrected chi connectivity index (χ1v) is 2.59. The SMILES string of the molecule is O=C([O-])C(Cl)Cl.O=[N+](O)O.[Co+3].[NH2-].[NH2-].[NH2-].[NH2-].[NH2-]. The van der Waals surface area contributed by atoms with Gasteiger partial charge in [0, 0.05) is 0 Å². The van der Waals surface area contributed by atoms with Crippen molar-refractivity contribution in [3.63, 3.8) is 0 Å². The zero-order valence-electron chi connectivity index (χ0n) is 7.62. The van der Waals surface area contributed by atoms with E-state index in [0.29, 0.717) is 0 Å². The van der Waals surface area contributed by atoms with Crippen molar-refractivity contribution < 1.29 is 42.2 Å². The summed E-state index contributed by atoms with van der Waals surface area (Å²) in [7, 11) is 0. The first kappa shape index (κ1) is 57.7. The normalized spacial score (nSPS) is 4.94. The van der Waals surface area contributed by atoms with E-state index in [0.717, 1.165) is 0 Å². The Bertz CT molecular complexity index is 136. The van der Waals surface area contributed by atoms with Crippen LogP contribution >= 0.6 is 23.2 Å². The van der Waals surface area contributed by atoms with Crippen molar-refractivity contribution >= 4 is 29.2 Å². The molecule has 0 spiro atoms. The van der Waals surface area contributed by atoms with Gasteiger partial charge in [0.2, 0.25) is 0 Å². The zero-order chi connectivity index (χ0) is 8.73. The molecular formula is C2H13Cl2CoN6O5-2. The molecule has 0 saturated carbocycles. The van der Waals surface area contributed by atoms with Crippen molar-refractivity contribution in [3.05, 3.63) is 35.7 Å². The average Bonchev–Trinajstić information content (AvgIpc) is 1.63. The van der Waals surface area contributed by atoms with Crippen molar-refractivity contribution in [2.24, 2.45) is 0 Å². The van der Waals surface area contributed by atoms with Gasteiger partial charge in [0.05, 0.1) is 5.97 Å². The summed E-state index contributed by atoms with van der Waals surface area (Å²) in [5.41, 5.74) is 0. The van der Waals surface area contributed by atoms with Gasteiger partial charge >= 0.3 is 21.9 Å². The smallest absolute Gasteiger partial charge is 0.693 e. The Hall–Kier alpha value is -0.444. The van der Waals surface area contributed by atoms with Gasteiger partial charge in [-0.3, -0.25) is 0 Å². The summed E-state index contributed by atoms with van der Waals surface area (Å²) in [6.45, 7) is 0. The number of halogens is 2. The third kappa shape index (κ3) is 169. The Kier molecular flexibility index (Phi) is 132. The molecule has 0 amide bonds. The Balaban J connectivity index is -0.00000001000. The molecule has 0 radical (unpaired) electrons. The van der Waals surface area contributed by atoms with Gasteiger partial charge in [-0.2, -0.15) is 0 Å². The van der Waals surface area contributed by atoms with Crippen LogP contribution < -0.4 is 5.11 Å². The first-order chi connectivity index (χ1) is 4.37. The predicted octanol–water partition coefficient (Wildman–Crippen LogP) is 2.67. The maximum Gasteiger partial charge on any atom is 3.00 e. The number of carboxylic acid groups (broad SMARTS) is 1. The molecule has 0 aliphatic carbocycles. The molecule has 0 aliphatic heterocycles. The fraction of sp³-hybridized carbons (Fsp3) is 0.500. The van der Waals surface area contributed by atoms with Crippen molar-refractivity contribution in [2.75, 3.05) is 0 Å². The van der Waals surface area contributed by atoms with E-state index in [1.807, 2.05) is 0 Å². The third-order valence-corrected chi connectivity index (χ3v) is 0.535. The molecule has 0 atom stereocenters. The van der Waals surface area contributed by atoms with Gasteiger partial charge in [-0.05, 0) is 0 Å². The van der Waals surface area contributed by atoms with Gasteiger partial charge < -0.3 is 40.7 Å². The fourth-order valence-corrected chi connectivity index (χ4v) is 0. The largest absolute Gasteiger partial charge is 3.00 e. The molecule has 0 unspecified atom stereocenters. The summed E-state index contributed by atoms with van der Waals surface area (Å²) in [6.07, 6.45) is 0. The molecule has 0 heterocycles. The van der Waals surface area contributed by atoms with E-state index >= 15 is 0 Å². The van der Waals surface area contributed by atoms with Crippen molar-refractivity contribution in [3.8, 4) is 0 Å². The Morgan fingerprint density at radius 3 is 1.12 bits per heavy atom. The van der Waals surface area contributed by atoms with Crippen LogP contribution in [0.3, 0.4) is 0 Å². The van der Waals surface area contributed by atoms with Crippen LogP contribution in [0.25, 0.3) is 30.8 Å². The third-order valence-electron chi connectivity index (χ3n) is 0.178. The molecule has 106 valence electrons. The Labute approximate surface area is 112 Å². The molecule has 14 heteroatoms. The van der Waals surface area contributed by atoms with Crippen LogP contribution in [-0.2, 0) is 21.6 Å². The maximum absolute atomic E-state index is 9.32. The topological polar surface area (TPSA) is 268 Å². The number of nitrogens with zero attached hydrogens (tertiary/aromatic N) is 1. The van der Waals surface area contributed by atoms with E-state index in [4.69, 9.17) is 38.5 Å². The van der Waals surface area contributed by atoms with Gasteiger partial charge in [-0.1, -0.05) is 23.2 Å². The summed E-state index contributed by atoms with van der Waals surface area (Å²) in [5, 5.41) is 21.9. The number of nitrogens with two attached hydrogens (primary N) is 5. The molecule has 0 bridgehead atoms. The van der Waals surface area contributed by atoms with Crippen LogP contribution in [0.4, 0.5) is 0 Å². The summed E-state index contributed by atoms with van der Waals surface area (Å²) < 4.78 is 0. The summed E-state index contributed by atoms with van der Waals surface area (Å²) in [5.74, 6) is -1.46. The van der Waals surface area contributed by atoms with Crippen LogP contribution in [0.5, 0.6) is 0 Å². The Morgan fingerprint density at radius 2 is 1.12 bits per heavy atom. The van der Waals surface area contributed by atoms with Gasteiger partial charge in [-0.15, -0.1) is 0 Å². The minimum Gasteiger partial charge on any atom is -0.693 e. The molecule has 0 fully saturated rings. The number of carbonyl (C=O) groups excluding carboxylic acids is 1. The molecule has 0 aliphatic rings. The molecule has 0 aromatic heterocycles. The quantitative estimate of drug-likeness (QED) is 0.539. The minimum atomic E-state index is -1.46. The monoisotopic (exact) mass is 330 g/mol. The number of hydrogen-bond acceptors (Lipinski definition) is 3. The summed E-state index contributed by atoms with van der Waals surface area (Å²) in [6, 6.07) is 0. The van der Waals surface area contributed by atoms with Gasteiger partial charge in [-0.25, -0.2) is 10.4 Å². The summed E-state index contributed by atoms with van der Waals surface area (Å²) in [4.78, 5) is 16.4. The minimum absolute atomic E-state index is 0. The van der Waals surface area contributed by atoms with E-state index in [1.54, 1.807) is 0 Å². The molecule has 12 N–H and O–H groups in total. The standard InChI is InChI=1S/C2H2Cl2O2.Co.H2NO3.5H2N/c3-1(4)2(5)6;;2-1(3)4;;;;;/h1H,(H,5,6);;(H2,2,3,4);5*1H2/q;+3;+1;5*-1/p-1. The fourth-order valence-electron chi connectivity index (χ4n) is 0. The molecular weight excluding hydrogens is 318 g/mol. The maximum atomic E-state index is 9.32. The van der Waals surface area contributed by atoms with E-state index in [2.05, 4.69) is 0 Å². The van der Waals surface area contributed by atoms with Crippen LogP contribution in [0, 0.1) is 4.91 Å². The number of carboxylic acids is 1. The van der Waals surface area contributed by atoms with E-state index in [1.165, 1.54) is 0 Å². The predicted molar refractivity (Wildman–Crippen MR) is 54.1 cm³/mol. The van der Waals surface area contributed by atoms with Crippen molar-refractivity contribution in [2.45, 2.75) is 4.84 Å². The number of carbonyl (C=O) groups is 1.